The minimum Gasteiger partial charge on any atom is -0.267 e. The molecule has 1 fully saturated rings. The quantitative estimate of drug-likeness (QED) is 0.492. The Morgan fingerprint density at radius 3 is 2.41 bits per heavy atom. The zero-order chi connectivity index (χ0) is 27.0. The highest BCUT2D eigenvalue weighted by Gasteiger charge is 2.40. The van der Waals surface area contributed by atoms with E-state index in [-0.39, 0.29) is 18.8 Å². The molecule has 2 N–H and O–H groups in total. The number of aromatic nitrogens is 2. The van der Waals surface area contributed by atoms with Gasteiger partial charge in [0.1, 0.15) is 11.6 Å². The number of alkyl halides is 3. The molecule has 3 heterocycles. The largest absolute Gasteiger partial charge is 0.434 e. The van der Waals surface area contributed by atoms with Crippen LogP contribution in [0.15, 0.2) is 59.9 Å². The topological polar surface area (TPSA) is 109 Å². The van der Waals surface area contributed by atoms with E-state index in [1.807, 2.05) is 0 Å². The number of hydrogen-bond donors (Lipinski definition) is 1. The third-order valence-corrected chi connectivity index (χ3v) is 6.60. The number of primary sulfonamides is 1. The number of piperidine rings is 1. The Labute approximate surface area is 208 Å². The van der Waals surface area contributed by atoms with Crippen LogP contribution in [0.25, 0.3) is 0 Å². The molecule has 1 aromatic carbocycles. The normalized spacial score (nSPS) is 17.0. The molecule has 1 aliphatic heterocycles. The van der Waals surface area contributed by atoms with Crippen molar-refractivity contribution in [2.45, 2.75) is 30.0 Å². The zero-order valence-corrected chi connectivity index (χ0v) is 19.8. The maximum Gasteiger partial charge on any atom is 0.434 e. The molecule has 1 atom stereocenters. The second-order valence-electron chi connectivity index (χ2n) is 8.37. The molecular weight excluding hydrogens is 521 g/mol. The fraction of sp³-hybridized carbons (Fsp3) is 0.261. The Kier molecular flexibility index (Phi) is 7.26. The number of sulfonamides is 1. The number of rotatable bonds is 5. The highest BCUT2D eigenvalue weighted by Crippen LogP contribution is 2.34. The Bertz CT molecular complexity index is 1410. The molecule has 3 aromatic rings. The summed E-state index contributed by atoms with van der Waals surface area (Å²) in [4.78, 5) is 20.6. The summed E-state index contributed by atoms with van der Waals surface area (Å²) >= 11 is 0. The fourth-order valence-electron chi connectivity index (χ4n) is 4.23. The van der Waals surface area contributed by atoms with Crippen molar-refractivity contribution in [1.82, 2.24) is 15.0 Å². The first kappa shape index (κ1) is 26.6. The van der Waals surface area contributed by atoms with Gasteiger partial charge in [0.2, 0.25) is 0 Å². The molecule has 0 spiro atoms. The van der Waals surface area contributed by atoms with Crippen molar-refractivity contribution in [2.75, 3.05) is 18.1 Å². The van der Waals surface area contributed by atoms with Crippen molar-refractivity contribution in [3.05, 3.63) is 83.3 Å². The van der Waals surface area contributed by atoms with E-state index in [9.17, 15) is 35.2 Å². The van der Waals surface area contributed by atoms with Crippen LogP contribution in [0.2, 0.25) is 0 Å². The van der Waals surface area contributed by atoms with Gasteiger partial charge < -0.3 is 0 Å². The average molecular weight is 542 g/mol. The van der Waals surface area contributed by atoms with Crippen LogP contribution < -0.4 is 10.1 Å². The monoisotopic (exact) mass is 541 g/mol. The lowest BCUT2D eigenvalue weighted by Crippen LogP contribution is -2.51. The minimum atomic E-state index is -4.95. The van der Waals surface area contributed by atoms with Gasteiger partial charge in [0.25, 0.3) is 15.9 Å². The second kappa shape index (κ2) is 10.1. The van der Waals surface area contributed by atoms with Gasteiger partial charge in [-0.2, -0.15) is 13.2 Å². The first-order valence-electron chi connectivity index (χ1n) is 10.9. The number of pyridine rings is 2. The second-order valence-corrected chi connectivity index (χ2v) is 9.87. The van der Waals surface area contributed by atoms with Gasteiger partial charge in [0.15, 0.2) is 10.7 Å². The van der Waals surface area contributed by atoms with Crippen molar-refractivity contribution < 1.29 is 35.2 Å². The zero-order valence-electron chi connectivity index (χ0n) is 19.0. The maximum atomic E-state index is 13.9. The van der Waals surface area contributed by atoms with E-state index in [1.165, 1.54) is 11.1 Å². The summed E-state index contributed by atoms with van der Waals surface area (Å²) < 4.78 is 92.5. The van der Waals surface area contributed by atoms with Crippen LogP contribution in [0.1, 0.15) is 40.4 Å². The van der Waals surface area contributed by atoms with Crippen LogP contribution in [0.3, 0.4) is 0 Å². The summed E-state index contributed by atoms with van der Waals surface area (Å²) in [5.74, 6) is -3.21. The standard InChI is InChI=1S/C23H20F5N5O3S/c24-16-9-15(10-17(25)11-16)14-3-2-8-32(13-14)33(18-5-7-30-20(12-18)37(29,35)36)22(34)19-4-1-6-31-21(19)23(26,27)28/h1,4-7,9-12,14H,2-3,8,13H2,(H2,29,35,36). The predicted octanol–water partition coefficient (Wildman–Crippen LogP) is 3.86. The van der Waals surface area contributed by atoms with Crippen molar-refractivity contribution in [1.29, 1.82) is 0 Å². The number of hydrazine groups is 1. The number of anilines is 1. The smallest absolute Gasteiger partial charge is 0.267 e. The molecule has 1 amide bonds. The van der Waals surface area contributed by atoms with E-state index < -0.39 is 55.9 Å². The summed E-state index contributed by atoms with van der Waals surface area (Å²) in [6, 6.07) is 7.33. The number of amides is 1. The molecule has 1 saturated heterocycles. The Morgan fingerprint density at radius 2 is 1.76 bits per heavy atom. The predicted molar refractivity (Wildman–Crippen MR) is 122 cm³/mol. The van der Waals surface area contributed by atoms with Crippen LogP contribution >= 0.6 is 0 Å². The van der Waals surface area contributed by atoms with E-state index in [1.54, 1.807) is 0 Å². The number of carbonyl (C=O) groups excluding carboxylic acids is 1. The number of carbonyl (C=O) groups is 1. The summed E-state index contributed by atoms with van der Waals surface area (Å²) in [6.45, 7) is 0.165. The lowest BCUT2D eigenvalue weighted by molar-refractivity contribution is -0.141. The van der Waals surface area contributed by atoms with Gasteiger partial charge in [-0.1, -0.05) is 0 Å². The lowest BCUT2D eigenvalue weighted by atomic mass is 9.91. The first-order chi connectivity index (χ1) is 17.3. The van der Waals surface area contributed by atoms with Crippen molar-refractivity contribution in [3.63, 3.8) is 0 Å². The number of nitrogens with two attached hydrogens (primary N) is 1. The van der Waals surface area contributed by atoms with Crippen molar-refractivity contribution in [2.24, 2.45) is 5.14 Å². The van der Waals surface area contributed by atoms with E-state index in [0.717, 1.165) is 47.7 Å². The summed E-state index contributed by atoms with van der Waals surface area (Å²) in [6.07, 6.45) is -2.11. The van der Waals surface area contributed by atoms with E-state index >= 15 is 0 Å². The van der Waals surface area contributed by atoms with Crippen LogP contribution in [-0.4, -0.2) is 42.4 Å². The first-order valence-corrected chi connectivity index (χ1v) is 12.5. The third kappa shape index (κ3) is 5.92. The van der Waals surface area contributed by atoms with Gasteiger partial charge >= 0.3 is 6.18 Å². The Hall–Kier alpha value is -3.49. The molecule has 4 rings (SSSR count). The van der Waals surface area contributed by atoms with Crippen molar-refractivity contribution in [3.8, 4) is 0 Å². The molecule has 1 aliphatic rings. The van der Waals surface area contributed by atoms with Gasteiger partial charge in [0.05, 0.1) is 11.3 Å². The van der Waals surface area contributed by atoms with Crippen LogP contribution in [-0.2, 0) is 16.2 Å². The van der Waals surface area contributed by atoms with Gasteiger partial charge in [-0.3, -0.25) is 9.78 Å². The molecule has 0 bridgehead atoms. The number of halogens is 5. The molecule has 0 saturated carbocycles. The SMILES string of the molecule is NS(=O)(=O)c1cc(N(C(=O)c2cccnc2C(F)(F)F)N2CCCC(c3cc(F)cc(F)c3)C2)ccn1. The van der Waals surface area contributed by atoms with Crippen LogP contribution in [0, 0.1) is 11.6 Å². The fourth-order valence-corrected chi connectivity index (χ4v) is 4.73. The third-order valence-electron chi connectivity index (χ3n) is 5.79. The molecule has 0 radical (unpaired) electrons. The molecule has 196 valence electrons. The van der Waals surface area contributed by atoms with Crippen LogP contribution in [0.5, 0.6) is 0 Å². The van der Waals surface area contributed by atoms with Gasteiger partial charge in [0, 0.05) is 37.6 Å². The molecular formula is C23H20F5N5O3S. The summed E-state index contributed by atoms with van der Waals surface area (Å²) in [5.41, 5.74) is -2.01. The minimum absolute atomic E-state index is 0.0106. The Balaban J connectivity index is 1.81. The molecule has 2 aromatic heterocycles. The van der Waals surface area contributed by atoms with Gasteiger partial charge in [-0.05, 0) is 54.7 Å². The molecule has 1 unspecified atom stereocenters. The van der Waals surface area contributed by atoms with E-state index in [4.69, 9.17) is 5.14 Å². The van der Waals surface area contributed by atoms with E-state index in [2.05, 4.69) is 9.97 Å². The number of benzene rings is 1. The molecule has 37 heavy (non-hydrogen) atoms. The molecule has 8 nitrogen and oxygen atoms in total. The summed E-state index contributed by atoms with van der Waals surface area (Å²) in [7, 11) is -4.32. The highest BCUT2D eigenvalue weighted by atomic mass is 32.2. The number of nitrogens with zero attached hydrogens (tertiary/aromatic N) is 4. The maximum absolute atomic E-state index is 13.9. The molecule has 0 aliphatic carbocycles. The molecule has 14 heteroatoms. The summed E-state index contributed by atoms with van der Waals surface area (Å²) in [5, 5.41) is 6.85. The number of hydrogen-bond acceptors (Lipinski definition) is 6. The van der Waals surface area contributed by atoms with Crippen molar-refractivity contribution >= 4 is 21.6 Å². The van der Waals surface area contributed by atoms with Gasteiger partial charge in [-0.15, -0.1) is 0 Å². The lowest BCUT2D eigenvalue weighted by Gasteiger charge is -2.40. The average Bonchev–Trinajstić information content (AvgIpc) is 2.83. The Morgan fingerprint density at radius 1 is 1.05 bits per heavy atom. The van der Waals surface area contributed by atoms with Gasteiger partial charge in [-0.25, -0.2) is 37.3 Å². The van der Waals surface area contributed by atoms with E-state index in [0.29, 0.717) is 24.5 Å². The van der Waals surface area contributed by atoms with Crippen LogP contribution in [0.4, 0.5) is 27.6 Å². The highest BCUT2D eigenvalue weighted by molar-refractivity contribution is 7.89.